The van der Waals surface area contributed by atoms with Gasteiger partial charge in [0.05, 0.1) is 4.92 Å². The number of carbonyl (C=O) groups excluding carboxylic acids is 1. The average Bonchev–Trinajstić information content (AvgIpc) is 2.62. The molecule has 0 heterocycles. The Morgan fingerprint density at radius 3 is 2.42 bits per heavy atom. The van der Waals surface area contributed by atoms with Crippen molar-refractivity contribution in [3.05, 3.63) is 79.8 Å². The lowest BCUT2D eigenvalue weighted by Crippen LogP contribution is -2.23. The second kappa shape index (κ2) is 10.2. The van der Waals surface area contributed by atoms with Gasteiger partial charge in [-0.3, -0.25) is 14.9 Å². The van der Waals surface area contributed by atoms with Gasteiger partial charge in [-0.1, -0.05) is 29.3 Å². The largest absolute Gasteiger partial charge is 0.352 e. The summed E-state index contributed by atoms with van der Waals surface area (Å²) in [5.74, 6) is 1.17. The highest BCUT2D eigenvalue weighted by molar-refractivity contribution is 7.98. The van der Waals surface area contributed by atoms with Crippen LogP contribution in [0.15, 0.2) is 48.5 Å². The van der Waals surface area contributed by atoms with Gasteiger partial charge in [0.1, 0.15) is 0 Å². The minimum Gasteiger partial charge on any atom is -0.352 e. The van der Waals surface area contributed by atoms with E-state index in [4.69, 9.17) is 23.2 Å². The maximum Gasteiger partial charge on any atom is 0.269 e. The van der Waals surface area contributed by atoms with Crippen molar-refractivity contribution in [1.29, 1.82) is 0 Å². The molecule has 0 spiro atoms. The molecule has 8 heteroatoms. The van der Waals surface area contributed by atoms with E-state index in [1.165, 1.54) is 18.2 Å². The molecule has 0 saturated heterocycles. The number of benzene rings is 2. The molecule has 0 aliphatic carbocycles. The molecule has 0 aliphatic rings. The number of rotatable bonds is 8. The van der Waals surface area contributed by atoms with Crippen LogP contribution in [0.4, 0.5) is 5.69 Å². The molecular weight excluding hydrogens is 395 g/mol. The summed E-state index contributed by atoms with van der Waals surface area (Å²) in [6.45, 7) is 0.510. The maximum atomic E-state index is 11.8. The molecule has 0 aliphatic heterocycles. The van der Waals surface area contributed by atoms with Crippen molar-refractivity contribution in [1.82, 2.24) is 5.32 Å². The van der Waals surface area contributed by atoms with E-state index in [0.717, 1.165) is 11.3 Å². The molecule has 0 radical (unpaired) electrons. The predicted octanol–water partition coefficient (Wildman–Crippen LogP) is 4.96. The Balaban J connectivity index is 1.71. The Kier molecular flexibility index (Phi) is 7.97. The molecule has 5 nitrogen and oxygen atoms in total. The molecule has 0 saturated carbocycles. The van der Waals surface area contributed by atoms with Crippen LogP contribution in [0.3, 0.4) is 0 Å². The Morgan fingerprint density at radius 1 is 1.15 bits per heavy atom. The van der Waals surface area contributed by atoms with Gasteiger partial charge in [-0.25, -0.2) is 0 Å². The maximum absolute atomic E-state index is 11.8. The lowest BCUT2D eigenvalue weighted by atomic mass is 10.2. The molecule has 136 valence electrons. The summed E-state index contributed by atoms with van der Waals surface area (Å²) in [7, 11) is 0. The third-order valence-electron chi connectivity index (χ3n) is 3.38. The summed E-state index contributed by atoms with van der Waals surface area (Å²) in [6, 6.07) is 11.4. The first-order chi connectivity index (χ1) is 12.5. The summed E-state index contributed by atoms with van der Waals surface area (Å²) in [5.41, 5.74) is 1.63. The second-order valence-electron chi connectivity index (χ2n) is 5.23. The van der Waals surface area contributed by atoms with E-state index >= 15 is 0 Å². The van der Waals surface area contributed by atoms with Crippen LogP contribution in [0, 0.1) is 10.1 Å². The van der Waals surface area contributed by atoms with Crippen LogP contribution in [-0.2, 0) is 10.5 Å². The number of hydrogen-bond donors (Lipinski definition) is 1. The highest BCUT2D eigenvalue weighted by atomic mass is 35.5. The first-order valence-electron chi connectivity index (χ1n) is 7.68. The molecule has 0 aromatic heterocycles. The number of non-ortho nitro benzene ring substituents is 1. The van der Waals surface area contributed by atoms with Crippen molar-refractivity contribution in [2.24, 2.45) is 0 Å². The van der Waals surface area contributed by atoms with E-state index in [2.05, 4.69) is 5.32 Å². The lowest BCUT2D eigenvalue weighted by Gasteiger charge is -2.07. The van der Waals surface area contributed by atoms with E-state index < -0.39 is 4.92 Å². The normalized spacial score (nSPS) is 10.8. The third kappa shape index (κ3) is 6.37. The number of nitrogens with one attached hydrogen (secondary N) is 1. The first-order valence-corrected chi connectivity index (χ1v) is 9.59. The minimum atomic E-state index is -0.465. The van der Waals surface area contributed by atoms with Gasteiger partial charge in [0.2, 0.25) is 5.91 Å². The third-order valence-corrected chi connectivity index (χ3v) is 5.08. The van der Waals surface area contributed by atoms with Crippen molar-refractivity contribution in [3.63, 3.8) is 0 Å². The van der Waals surface area contributed by atoms with Gasteiger partial charge in [-0.2, -0.15) is 11.8 Å². The van der Waals surface area contributed by atoms with Gasteiger partial charge in [-0.05, 0) is 41.5 Å². The molecule has 0 atom stereocenters. The van der Waals surface area contributed by atoms with Crippen LogP contribution in [-0.4, -0.2) is 23.1 Å². The van der Waals surface area contributed by atoms with Crippen molar-refractivity contribution in [3.8, 4) is 0 Å². The molecule has 26 heavy (non-hydrogen) atoms. The van der Waals surface area contributed by atoms with Gasteiger partial charge in [0.25, 0.3) is 5.69 Å². The summed E-state index contributed by atoms with van der Waals surface area (Å²) < 4.78 is 0. The van der Waals surface area contributed by atoms with Crippen molar-refractivity contribution in [2.45, 2.75) is 5.75 Å². The highest BCUT2D eigenvalue weighted by Crippen LogP contribution is 2.27. The van der Waals surface area contributed by atoms with Crippen molar-refractivity contribution < 1.29 is 9.72 Å². The monoisotopic (exact) mass is 410 g/mol. The summed E-state index contributed by atoms with van der Waals surface area (Å²) in [6.07, 6.45) is 3.01. The number of nitro benzene ring substituents is 1. The lowest BCUT2D eigenvalue weighted by molar-refractivity contribution is -0.384. The first kappa shape index (κ1) is 20.3. The Labute approximate surface area is 165 Å². The SMILES string of the molecule is O=C(/C=C/c1ccc([N+](=O)[O-])cc1)NCCSCc1c(Cl)cccc1Cl. The average molecular weight is 411 g/mol. The molecule has 1 amide bonds. The van der Waals surface area contributed by atoms with Crippen LogP contribution in [0.5, 0.6) is 0 Å². The van der Waals surface area contributed by atoms with E-state index in [0.29, 0.717) is 27.9 Å². The van der Waals surface area contributed by atoms with Crippen LogP contribution in [0.2, 0.25) is 10.0 Å². The van der Waals surface area contributed by atoms with Gasteiger partial charge >= 0.3 is 0 Å². The second-order valence-corrected chi connectivity index (χ2v) is 7.15. The summed E-state index contributed by atoms with van der Waals surface area (Å²) in [5, 5.41) is 14.6. The topological polar surface area (TPSA) is 72.2 Å². The molecule has 2 aromatic rings. The molecule has 2 rings (SSSR count). The fourth-order valence-electron chi connectivity index (χ4n) is 2.03. The Hall–Kier alpha value is -2.02. The zero-order chi connectivity index (χ0) is 18.9. The summed E-state index contributed by atoms with van der Waals surface area (Å²) in [4.78, 5) is 21.9. The van der Waals surface area contributed by atoms with E-state index in [9.17, 15) is 14.9 Å². The van der Waals surface area contributed by atoms with Crippen molar-refractivity contribution in [2.75, 3.05) is 12.3 Å². The number of halogens is 2. The number of carbonyl (C=O) groups is 1. The van der Waals surface area contributed by atoms with Crippen LogP contribution < -0.4 is 5.32 Å². The van der Waals surface area contributed by atoms with E-state index in [1.807, 2.05) is 0 Å². The number of nitro groups is 1. The standard InChI is InChI=1S/C18H16Cl2N2O3S/c19-16-2-1-3-17(20)15(16)12-26-11-10-21-18(23)9-6-13-4-7-14(8-5-13)22(24)25/h1-9H,10-12H2,(H,21,23)/b9-6+. The zero-order valence-electron chi connectivity index (χ0n) is 13.7. The van der Waals surface area contributed by atoms with E-state index in [-0.39, 0.29) is 11.6 Å². The highest BCUT2D eigenvalue weighted by Gasteiger charge is 2.05. The minimum absolute atomic E-state index is 0.0160. The number of thioether (sulfide) groups is 1. The Bertz CT molecular complexity index is 790. The molecule has 0 bridgehead atoms. The van der Waals surface area contributed by atoms with Crippen LogP contribution in [0.1, 0.15) is 11.1 Å². The Morgan fingerprint density at radius 2 is 1.81 bits per heavy atom. The quantitative estimate of drug-likeness (QED) is 0.288. The summed E-state index contributed by atoms with van der Waals surface area (Å²) >= 11 is 13.8. The molecular formula is C18H16Cl2N2O3S. The van der Waals surface area contributed by atoms with Gasteiger partial charge < -0.3 is 5.32 Å². The fraction of sp³-hybridized carbons (Fsp3) is 0.167. The molecule has 1 N–H and O–H groups in total. The molecule has 2 aromatic carbocycles. The smallest absolute Gasteiger partial charge is 0.269 e. The number of hydrogen-bond acceptors (Lipinski definition) is 4. The van der Waals surface area contributed by atoms with Gasteiger partial charge in [0.15, 0.2) is 0 Å². The fourth-order valence-corrected chi connectivity index (χ4v) is 3.62. The molecule has 0 unspecified atom stereocenters. The van der Waals surface area contributed by atoms with E-state index in [1.54, 1.807) is 48.2 Å². The number of nitrogens with zero attached hydrogens (tertiary/aromatic N) is 1. The van der Waals surface area contributed by atoms with Crippen LogP contribution >= 0.6 is 35.0 Å². The van der Waals surface area contributed by atoms with Crippen LogP contribution in [0.25, 0.3) is 6.08 Å². The predicted molar refractivity (Wildman–Crippen MR) is 108 cm³/mol. The zero-order valence-corrected chi connectivity index (χ0v) is 16.0. The van der Waals surface area contributed by atoms with Gasteiger partial charge in [0, 0.05) is 46.3 Å². The van der Waals surface area contributed by atoms with Gasteiger partial charge in [-0.15, -0.1) is 0 Å². The van der Waals surface area contributed by atoms with Crippen molar-refractivity contribution >= 4 is 52.6 Å². The number of amides is 1. The molecule has 0 fully saturated rings.